The zero-order chi connectivity index (χ0) is 9.26. The van der Waals surface area contributed by atoms with Crippen LogP contribution in [0, 0.1) is 0 Å². The summed E-state index contributed by atoms with van der Waals surface area (Å²) in [6.07, 6.45) is 1.27. The van der Waals surface area contributed by atoms with E-state index in [2.05, 4.69) is 17.4 Å². The van der Waals surface area contributed by atoms with Gasteiger partial charge in [-0.05, 0) is 31.2 Å². The SMILES string of the molecule is CN[C@@H]1CC1c1ccc(OC)cc1. The first kappa shape index (κ1) is 8.57. The van der Waals surface area contributed by atoms with Gasteiger partial charge in [0.1, 0.15) is 5.75 Å². The largest absolute Gasteiger partial charge is 0.497 e. The van der Waals surface area contributed by atoms with Gasteiger partial charge in [-0.15, -0.1) is 0 Å². The molecule has 0 radical (unpaired) electrons. The Morgan fingerprint density at radius 1 is 1.31 bits per heavy atom. The Bertz CT molecular complexity index is 281. The van der Waals surface area contributed by atoms with Crippen molar-refractivity contribution in [2.75, 3.05) is 14.2 Å². The van der Waals surface area contributed by atoms with Crippen LogP contribution in [0.1, 0.15) is 17.9 Å². The summed E-state index contributed by atoms with van der Waals surface area (Å²) < 4.78 is 5.11. The molecule has 0 aliphatic heterocycles. The fourth-order valence-corrected chi connectivity index (χ4v) is 1.73. The molecule has 1 unspecified atom stereocenters. The van der Waals surface area contributed by atoms with Crippen LogP contribution < -0.4 is 10.1 Å². The van der Waals surface area contributed by atoms with Gasteiger partial charge in [0.2, 0.25) is 0 Å². The van der Waals surface area contributed by atoms with Gasteiger partial charge >= 0.3 is 0 Å². The maximum absolute atomic E-state index is 5.11. The number of hydrogen-bond donors (Lipinski definition) is 1. The van der Waals surface area contributed by atoms with Crippen molar-refractivity contribution in [3.05, 3.63) is 29.8 Å². The van der Waals surface area contributed by atoms with E-state index in [0.717, 1.165) is 11.7 Å². The third-order valence-electron chi connectivity index (χ3n) is 2.71. The second kappa shape index (κ2) is 3.38. The van der Waals surface area contributed by atoms with Gasteiger partial charge < -0.3 is 10.1 Å². The van der Waals surface area contributed by atoms with E-state index in [-0.39, 0.29) is 0 Å². The van der Waals surface area contributed by atoms with Crippen molar-refractivity contribution in [2.45, 2.75) is 18.4 Å². The van der Waals surface area contributed by atoms with Gasteiger partial charge in [0.15, 0.2) is 0 Å². The number of nitrogens with one attached hydrogen (secondary N) is 1. The molecule has 0 heterocycles. The summed E-state index contributed by atoms with van der Waals surface area (Å²) >= 11 is 0. The van der Waals surface area contributed by atoms with Crippen molar-refractivity contribution in [1.82, 2.24) is 5.32 Å². The minimum atomic E-state index is 0.688. The van der Waals surface area contributed by atoms with Gasteiger partial charge in [-0.2, -0.15) is 0 Å². The highest BCUT2D eigenvalue weighted by molar-refractivity contribution is 5.33. The third-order valence-corrected chi connectivity index (χ3v) is 2.71. The molecule has 2 nitrogen and oxygen atoms in total. The molecule has 2 rings (SSSR count). The van der Waals surface area contributed by atoms with Crippen molar-refractivity contribution >= 4 is 0 Å². The van der Waals surface area contributed by atoms with Crippen LogP contribution in [0.15, 0.2) is 24.3 Å². The molecule has 0 amide bonds. The highest BCUT2D eigenvalue weighted by Gasteiger charge is 2.36. The van der Waals surface area contributed by atoms with Crippen LogP contribution in [-0.2, 0) is 0 Å². The smallest absolute Gasteiger partial charge is 0.118 e. The first-order valence-electron chi connectivity index (χ1n) is 4.66. The van der Waals surface area contributed by atoms with Crippen LogP contribution in [0.5, 0.6) is 5.75 Å². The first-order valence-corrected chi connectivity index (χ1v) is 4.66. The molecule has 1 aromatic carbocycles. The number of likely N-dealkylation sites (N-methyl/N-ethyl adjacent to an activating group) is 1. The summed E-state index contributed by atoms with van der Waals surface area (Å²) in [6.45, 7) is 0. The summed E-state index contributed by atoms with van der Waals surface area (Å²) in [6, 6.07) is 9.05. The molecule has 0 aromatic heterocycles. The standard InChI is InChI=1S/C11H15NO/c1-12-11-7-10(11)8-3-5-9(13-2)6-4-8/h3-6,10-12H,7H2,1-2H3/t10?,11-/m1/s1. The summed E-state index contributed by atoms with van der Waals surface area (Å²) in [4.78, 5) is 0. The molecule has 1 saturated carbocycles. The molecule has 1 fully saturated rings. The lowest BCUT2D eigenvalue weighted by Gasteiger charge is -2.02. The second-order valence-electron chi connectivity index (χ2n) is 3.51. The molecule has 0 saturated heterocycles. The maximum Gasteiger partial charge on any atom is 0.118 e. The molecule has 70 valence electrons. The van der Waals surface area contributed by atoms with Crippen molar-refractivity contribution < 1.29 is 4.74 Å². The van der Waals surface area contributed by atoms with Gasteiger partial charge in [0.05, 0.1) is 7.11 Å². The Hall–Kier alpha value is -1.02. The molecule has 0 bridgehead atoms. The fraction of sp³-hybridized carbons (Fsp3) is 0.455. The van der Waals surface area contributed by atoms with Gasteiger partial charge in [-0.1, -0.05) is 12.1 Å². The summed E-state index contributed by atoms with van der Waals surface area (Å²) in [7, 11) is 3.72. The van der Waals surface area contributed by atoms with Crippen LogP contribution >= 0.6 is 0 Å². The Labute approximate surface area is 78.9 Å². The van der Waals surface area contributed by atoms with Gasteiger partial charge in [-0.25, -0.2) is 0 Å². The second-order valence-corrected chi connectivity index (χ2v) is 3.51. The number of hydrogen-bond acceptors (Lipinski definition) is 2. The molecule has 13 heavy (non-hydrogen) atoms. The van der Waals surface area contributed by atoms with E-state index in [1.165, 1.54) is 12.0 Å². The van der Waals surface area contributed by atoms with E-state index in [9.17, 15) is 0 Å². The van der Waals surface area contributed by atoms with Crippen LogP contribution in [0.25, 0.3) is 0 Å². The van der Waals surface area contributed by atoms with Crippen molar-refractivity contribution in [3.63, 3.8) is 0 Å². The lowest BCUT2D eigenvalue weighted by molar-refractivity contribution is 0.414. The number of ether oxygens (including phenoxy) is 1. The Morgan fingerprint density at radius 2 is 2.00 bits per heavy atom. The quantitative estimate of drug-likeness (QED) is 0.759. The monoisotopic (exact) mass is 177 g/mol. The minimum Gasteiger partial charge on any atom is -0.497 e. The van der Waals surface area contributed by atoms with E-state index in [4.69, 9.17) is 4.74 Å². The average molecular weight is 177 g/mol. The van der Waals surface area contributed by atoms with Crippen LogP contribution in [0.4, 0.5) is 0 Å². The average Bonchev–Trinajstić information content (AvgIpc) is 2.97. The van der Waals surface area contributed by atoms with E-state index < -0.39 is 0 Å². The zero-order valence-electron chi connectivity index (χ0n) is 8.08. The fourth-order valence-electron chi connectivity index (χ4n) is 1.73. The normalized spacial score (nSPS) is 25.7. The Kier molecular flexibility index (Phi) is 2.23. The van der Waals surface area contributed by atoms with Crippen molar-refractivity contribution in [3.8, 4) is 5.75 Å². The summed E-state index contributed by atoms with van der Waals surface area (Å²) in [5, 5.41) is 3.28. The highest BCUT2D eigenvalue weighted by atomic mass is 16.5. The topological polar surface area (TPSA) is 21.3 Å². The van der Waals surface area contributed by atoms with Crippen molar-refractivity contribution in [1.29, 1.82) is 0 Å². The number of benzene rings is 1. The van der Waals surface area contributed by atoms with E-state index in [0.29, 0.717) is 6.04 Å². The Balaban J connectivity index is 2.07. The minimum absolute atomic E-state index is 0.688. The molecule has 1 aromatic rings. The van der Waals surface area contributed by atoms with E-state index in [1.54, 1.807) is 7.11 Å². The Morgan fingerprint density at radius 3 is 2.46 bits per heavy atom. The molecule has 2 atom stereocenters. The molecule has 0 spiro atoms. The molecule has 1 aliphatic rings. The van der Waals surface area contributed by atoms with E-state index in [1.807, 2.05) is 19.2 Å². The predicted octanol–water partition coefficient (Wildman–Crippen LogP) is 1.77. The maximum atomic E-state index is 5.11. The number of methoxy groups -OCH3 is 1. The molecule has 1 N–H and O–H groups in total. The van der Waals surface area contributed by atoms with Gasteiger partial charge in [0.25, 0.3) is 0 Å². The molecular formula is C11H15NO. The van der Waals surface area contributed by atoms with Gasteiger partial charge in [-0.3, -0.25) is 0 Å². The lowest BCUT2D eigenvalue weighted by Crippen LogP contribution is -2.10. The van der Waals surface area contributed by atoms with Gasteiger partial charge in [0, 0.05) is 12.0 Å². The van der Waals surface area contributed by atoms with Crippen LogP contribution in [0.3, 0.4) is 0 Å². The summed E-state index contributed by atoms with van der Waals surface area (Å²) in [5.41, 5.74) is 1.42. The predicted molar refractivity (Wildman–Crippen MR) is 53.2 cm³/mol. The first-order chi connectivity index (χ1) is 6.35. The van der Waals surface area contributed by atoms with Crippen LogP contribution in [0.2, 0.25) is 0 Å². The lowest BCUT2D eigenvalue weighted by atomic mass is 10.1. The highest BCUT2D eigenvalue weighted by Crippen LogP contribution is 2.40. The molecule has 1 aliphatic carbocycles. The molecular weight excluding hydrogens is 162 g/mol. The zero-order valence-corrected chi connectivity index (χ0v) is 8.08. The summed E-state index contributed by atoms with van der Waals surface area (Å²) in [5.74, 6) is 1.65. The molecule has 2 heteroatoms. The van der Waals surface area contributed by atoms with Crippen LogP contribution in [-0.4, -0.2) is 20.2 Å². The van der Waals surface area contributed by atoms with Crippen molar-refractivity contribution in [2.24, 2.45) is 0 Å². The van der Waals surface area contributed by atoms with E-state index >= 15 is 0 Å². The number of rotatable bonds is 3. The third kappa shape index (κ3) is 1.68.